The summed E-state index contributed by atoms with van der Waals surface area (Å²) in [5.41, 5.74) is 8.06. The van der Waals surface area contributed by atoms with E-state index in [1.165, 1.54) is 0 Å². The molecule has 25 heavy (non-hydrogen) atoms. The van der Waals surface area contributed by atoms with Crippen LogP contribution in [-0.2, 0) is 0 Å². The molecule has 3 N–H and O–H groups in total. The Morgan fingerprint density at radius 2 is 2.00 bits per heavy atom. The van der Waals surface area contributed by atoms with Crippen molar-refractivity contribution >= 4 is 23.5 Å². The molecule has 0 spiro atoms. The zero-order valence-corrected chi connectivity index (χ0v) is 14.4. The lowest BCUT2D eigenvalue weighted by Gasteiger charge is -2.31. The number of nitrogens with zero attached hydrogens (tertiary/aromatic N) is 3. The van der Waals surface area contributed by atoms with Gasteiger partial charge in [-0.2, -0.15) is 4.98 Å². The molecule has 0 unspecified atom stereocenters. The van der Waals surface area contributed by atoms with Gasteiger partial charge in [0.15, 0.2) is 0 Å². The smallest absolute Gasteiger partial charge is 0.241 e. The van der Waals surface area contributed by atoms with Crippen LogP contribution in [-0.4, -0.2) is 21.9 Å². The molecule has 0 amide bonds. The van der Waals surface area contributed by atoms with Crippen LogP contribution >= 0.6 is 11.6 Å². The fraction of sp³-hybridized carbons (Fsp3) is 0.222. The molecule has 2 heterocycles. The Morgan fingerprint density at radius 1 is 1.20 bits per heavy atom. The average molecular weight is 356 g/mol. The van der Waals surface area contributed by atoms with Gasteiger partial charge in [-0.3, -0.25) is 0 Å². The highest BCUT2D eigenvalue weighted by Gasteiger charge is 2.30. The third kappa shape index (κ3) is 3.00. The van der Waals surface area contributed by atoms with Crippen LogP contribution < -0.4 is 15.8 Å². The molecule has 0 radical (unpaired) electrons. The minimum atomic E-state index is 0.00634. The highest BCUT2D eigenvalue weighted by Crippen LogP contribution is 2.38. The molecule has 6 nitrogen and oxygen atoms in total. The topological polar surface area (TPSA) is 78.0 Å². The number of fused-ring (bicyclic) bond motifs is 1. The first-order valence-corrected chi connectivity index (χ1v) is 8.40. The van der Waals surface area contributed by atoms with Gasteiger partial charge >= 0.3 is 0 Å². The normalized spacial score (nSPS) is 19.1. The van der Waals surface area contributed by atoms with Crippen molar-refractivity contribution in [3.63, 3.8) is 0 Å². The van der Waals surface area contributed by atoms with Crippen molar-refractivity contribution in [2.45, 2.75) is 18.5 Å². The van der Waals surface area contributed by atoms with Crippen LogP contribution in [0.2, 0.25) is 5.02 Å². The number of anilines is 2. The van der Waals surface area contributed by atoms with Gasteiger partial charge in [0.2, 0.25) is 11.9 Å². The van der Waals surface area contributed by atoms with Crippen molar-refractivity contribution in [3.05, 3.63) is 64.7 Å². The largest absolute Gasteiger partial charge is 0.497 e. The van der Waals surface area contributed by atoms with Crippen LogP contribution in [0.5, 0.6) is 5.75 Å². The maximum Gasteiger partial charge on any atom is 0.241 e. The Bertz CT molecular complexity index is 893. The number of ether oxygens (including phenoxy) is 1. The first-order chi connectivity index (χ1) is 12.1. The quantitative estimate of drug-likeness (QED) is 0.749. The summed E-state index contributed by atoms with van der Waals surface area (Å²) in [7, 11) is 1.66. The Morgan fingerprint density at radius 3 is 2.72 bits per heavy atom. The molecular formula is C18H18ClN5O. The standard InChI is InChI=1S/C18H18ClN5O/c1-25-14-7-5-11(6-8-14)15-10-16(12-3-2-4-13(19)9-12)24-18(21-15)22-17(20)23-24/h2-9,15-16H,10H2,1H3,(H3,20,21,22,23)/t15-,16-/m1/s1. The highest BCUT2D eigenvalue weighted by atomic mass is 35.5. The molecule has 4 rings (SSSR count). The molecule has 2 aromatic carbocycles. The van der Waals surface area contributed by atoms with Crippen molar-refractivity contribution in [2.75, 3.05) is 18.2 Å². The van der Waals surface area contributed by atoms with E-state index in [-0.39, 0.29) is 18.0 Å². The van der Waals surface area contributed by atoms with Crippen molar-refractivity contribution in [2.24, 2.45) is 0 Å². The second-order valence-corrected chi connectivity index (χ2v) is 6.45. The Hall–Kier alpha value is -2.73. The van der Waals surface area contributed by atoms with Gasteiger partial charge in [0, 0.05) is 5.02 Å². The van der Waals surface area contributed by atoms with Crippen molar-refractivity contribution in [1.29, 1.82) is 0 Å². The summed E-state index contributed by atoms with van der Waals surface area (Å²) in [6.07, 6.45) is 0.808. The maximum atomic E-state index is 6.18. The van der Waals surface area contributed by atoms with E-state index in [0.29, 0.717) is 11.0 Å². The number of rotatable bonds is 3. The first kappa shape index (κ1) is 15.8. The van der Waals surface area contributed by atoms with Gasteiger partial charge in [0.25, 0.3) is 0 Å². The molecular weight excluding hydrogens is 338 g/mol. The fourth-order valence-corrected chi connectivity index (χ4v) is 3.44. The number of hydrogen-bond donors (Lipinski definition) is 2. The van der Waals surface area contributed by atoms with E-state index in [1.807, 2.05) is 35.0 Å². The van der Waals surface area contributed by atoms with Gasteiger partial charge < -0.3 is 15.8 Å². The predicted molar refractivity (Wildman–Crippen MR) is 98.0 cm³/mol. The van der Waals surface area contributed by atoms with E-state index >= 15 is 0 Å². The zero-order valence-electron chi connectivity index (χ0n) is 13.7. The molecule has 2 atom stereocenters. The fourth-order valence-electron chi connectivity index (χ4n) is 3.24. The zero-order chi connectivity index (χ0) is 17.4. The molecule has 0 saturated heterocycles. The van der Waals surface area contributed by atoms with E-state index in [1.54, 1.807) is 7.11 Å². The second kappa shape index (κ2) is 6.29. The maximum absolute atomic E-state index is 6.18. The number of hydrogen-bond acceptors (Lipinski definition) is 5. The summed E-state index contributed by atoms with van der Waals surface area (Å²) in [4.78, 5) is 4.32. The number of nitrogen functional groups attached to an aromatic ring is 1. The van der Waals surface area contributed by atoms with Crippen LogP contribution in [0.1, 0.15) is 29.6 Å². The summed E-state index contributed by atoms with van der Waals surface area (Å²) in [5, 5.41) is 8.47. The van der Waals surface area contributed by atoms with Crippen molar-refractivity contribution in [1.82, 2.24) is 14.8 Å². The molecule has 128 valence electrons. The van der Waals surface area contributed by atoms with Gasteiger partial charge in [-0.25, -0.2) is 4.68 Å². The number of halogens is 1. The van der Waals surface area contributed by atoms with Crippen LogP contribution in [0, 0.1) is 0 Å². The van der Waals surface area contributed by atoms with E-state index in [9.17, 15) is 0 Å². The Kier molecular flexibility index (Phi) is 3.97. The summed E-state index contributed by atoms with van der Waals surface area (Å²) >= 11 is 6.18. The monoisotopic (exact) mass is 355 g/mol. The third-order valence-electron chi connectivity index (χ3n) is 4.46. The van der Waals surface area contributed by atoms with E-state index in [0.717, 1.165) is 23.3 Å². The summed E-state index contributed by atoms with van der Waals surface area (Å²) in [6.45, 7) is 0. The van der Waals surface area contributed by atoms with Crippen molar-refractivity contribution in [3.8, 4) is 5.75 Å². The van der Waals surface area contributed by atoms with E-state index in [4.69, 9.17) is 22.1 Å². The molecule has 0 bridgehead atoms. The molecule has 7 heteroatoms. The van der Waals surface area contributed by atoms with Crippen LogP contribution in [0.4, 0.5) is 11.9 Å². The van der Waals surface area contributed by atoms with Crippen molar-refractivity contribution < 1.29 is 4.74 Å². The summed E-state index contributed by atoms with van der Waals surface area (Å²) < 4.78 is 7.08. The molecule has 0 aliphatic carbocycles. The number of nitrogens with two attached hydrogens (primary N) is 1. The molecule has 0 fully saturated rings. The lowest BCUT2D eigenvalue weighted by molar-refractivity contribution is 0.413. The van der Waals surface area contributed by atoms with Gasteiger partial charge in [0.1, 0.15) is 5.75 Å². The molecule has 3 aromatic rings. The molecule has 1 aliphatic rings. The minimum absolute atomic E-state index is 0.00634. The summed E-state index contributed by atoms with van der Waals surface area (Å²) in [6, 6.07) is 15.9. The Balaban J connectivity index is 1.73. The van der Waals surface area contributed by atoms with Crippen LogP contribution in [0.25, 0.3) is 0 Å². The van der Waals surface area contributed by atoms with Gasteiger partial charge in [-0.15, -0.1) is 5.10 Å². The minimum Gasteiger partial charge on any atom is -0.497 e. The number of aromatic nitrogens is 3. The second-order valence-electron chi connectivity index (χ2n) is 6.01. The lowest BCUT2D eigenvalue weighted by atomic mass is 9.93. The van der Waals surface area contributed by atoms with E-state index < -0.39 is 0 Å². The van der Waals surface area contributed by atoms with Gasteiger partial charge in [-0.1, -0.05) is 35.9 Å². The first-order valence-electron chi connectivity index (χ1n) is 8.02. The molecule has 0 saturated carbocycles. The SMILES string of the molecule is COc1ccc([C@H]2C[C@H](c3cccc(Cl)c3)n3nc(N)nc3N2)cc1. The summed E-state index contributed by atoms with van der Waals surface area (Å²) in [5.74, 6) is 1.75. The van der Waals surface area contributed by atoms with Gasteiger partial charge in [-0.05, 0) is 41.8 Å². The average Bonchev–Trinajstić information content (AvgIpc) is 3.01. The third-order valence-corrected chi connectivity index (χ3v) is 4.69. The van der Waals surface area contributed by atoms with Crippen LogP contribution in [0.15, 0.2) is 48.5 Å². The Labute approximate surface area is 150 Å². The lowest BCUT2D eigenvalue weighted by Crippen LogP contribution is -2.28. The number of methoxy groups -OCH3 is 1. The molecule has 1 aromatic heterocycles. The van der Waals surface area contributed by atoms with Crippen LogP contribution in [0.3, 0.4) is 0 Å². The number of nitrogens with one attached hydrogen (secondary N) is 1. The van der Waals surface area contributed by atoms with E-state index in [2.05, 4.69) is 33.6 Å². The number of benzene rings is 2. The van der Waals surface area contributed by atoms with Gasteiger partial charge in [0.05, 0.1) is 19.2 Å². The molecule has 1 aliphatic heterocycles. The highest BCUT2D eigenvalue weighted by molar-refractivity contribution is 6.30. The predicted octanol–water partition coefficient (Wildman–Crippen LogP) is 3.67.